The minimum atomic E-state index is 0.462. The van der Waals surface area contributed by atoms with Crippen molar-refractivity contribution in [3.8, 4) is 33.4 Å². The fraction of sp³-hybridized carbons (Fsp3) is 0.0685. The molecule has 0 saturated carbocycles. The first kappa shape index (κ1) is 44.5. The van der Waals surface area contributed by atoms with E-state index in [1.807, 2.05) is 0 Å². The van der Waals surface area contributed by atoms with Gasteiger partial charge in [-0.1, -0.05) is 214 Å². The lowest BCUT2D eigenvalue weighted by Crippen LogP contribution is -2.14. The number of benzene rings is 11. The summed E-state index contributed by atoms with van der Waals surface area (Å²) in [5.41, 5.74) is 23.7. The van der Waals surface area contributed by atoms with Crippen LogP contribution in [0.5, 0.6) is 0 Å². The lowest BCUT2D eigenvalue weighted by atomic mass is 9.84. The lowest BCUT2D eigenvalue weighted by Gasteiger charge is -2.31. The number of hydrogen-bond donors (Lipinski definition) is 0. The van der Waals surface area contributed by atoms with Crippen molar-refractivity contribution in [1.29, 1.82) is 0 Å². The highest BCUT2D eigenvalue weighted by molar-refractivity contribution is 6.14. The van der Waals surface area contributed by atoms with Crippen LogP contribution in [0.2, 0.25) is 0 Å². The predicted octanol–water partition coefficient (Wildman–Crippen LogP) is 19.9. The normalized spacial score (nSPS) is 14.9. The molecule has 3 aliphatic carbocycles. The summed E-state index contributed by atoms with van der Waals surface area (Å²) in [5, 5.41) is 7.54. The van der Waals surface area contributed by atoms with Gasteiger partial charge < -0.3 is 9.80 Å². The first-order chi connectivity index (χ1) is 37.0. The van der Waals surface area contributed by atoms with Gasteiger partial charge in [-0.25, -0.2) is 0 Å². The van der Waals surface area contributed by atoms with Crippen molar-refractivity contribution in [2.75, 3.05) is 9.80 Å². The maximum Gasteiger partial charge on any atom is 0.0546 e. The molecule has 0 aromatic heterocycles. The fourth-order valence-corrected chi connectivity index (χ4v) is 12.4. The first-order valence-electron chi connectivity index (χ1n) is 26.4. The topological polar surface area (TPSA) is 6.48 Å². The first-order valence-corrected chi connectivity index (χ1v) is 26.4. The van der Waals surface area contributed by atoms with Gasteiger partial charge in [0, 0.05) is 34.8 Å². The average molecular weight is 959 g/mol. The highest BCUT2D eigenvalue weighted by atomic mass is 15.1. The summed E-state index contributed by atoms with van der Waals surface area (Å²) < 4.78 is 0. The molecule has 0 aliphatic heterocycles. The Morgan fingerprint density at radius 3 is 1.75 bits per heavy atom. The number of nitrogens with zero attached hydrogens (tertiary/aromatic N) is 2. The van der Waals surface area contributed by atoms with Gasteiger partial charge in [0.2, 0.25) is 0 Å². The molecule has 1 atom stereocenters. The summed E-state index contributed by atoms with van der Waals surface area (Å²) in [5.74, 6) is 0.462. The maximum absolute atomic E-state index is 4.45. The number of allylic oxidation sites excluding steroid dienone is 5. The predicted molar refractivity (Wildman–Crippen MR) is 320 cm³/mol. The van der Waals surface area contributed by atoms with Gasteiger partial charge in [0.05, 0.1) is 17.1 Å². The van der Waals surface area contributed by atoms with E-state index < -0.39 is 0 Å². The van der Waals surface area contributed by atoms with Crippen molar-refractivity contribution in [2.24, 2.45) is 0 Å². The molecular formula is C73H54N2. The van der Waals surface area contributed by atoms with E-state index in [-0.39, 0.29) is 0 Å². The Morgan fingerprint density at radius 2 is 1.03 bits per heavy atom. The molecule has 14 rings (SSSR count). The van der Waals surface area contributed by atoms with Crippen molar-refractivity contribution in [3.63, 3.8) is 0 Å². The van der Waals surface area contributed by atoms with Crippen LogP contribution >= 0.6 is 0 Å². The Bertz CT molecular complexity index is 4170. The van der Waals surface area contributed by atoms with Crippen molar-refractivity contribution in [1.82, 2.24) is 0 Å². The monoisotopic (exact) mass is 958 g/mol. The standard InChI is InChI=1S/C73H54N2/c1-48-16-13-20-57-47-72(67-26-11-12-27-68(67)73(48)57)75(70-30-14-28-65-62-22-7-4-18-55(62)45-69(65)70)59-41-37-53(38-42-59)51-33-31-50(32-34-51)52-35-39-58(40-36-52)74(43-15-29-60-49(2)44-54-17-3-6-21-61(54)60)71-46-56-19-5-8-23-63(56)64-24-9-10-25-66(64)71/h3-15,17-43,46-48H,2,16,44-45H2,1H3/b43-15-,60-29+. The van der Waals surface area contributed by atoms with Crippen LogP contribution in [0.15, 0.2) is 261 Å². The molecule has 0 amide bonds. The van der Waals surface area contributed by atoms with E-state index in [0.29, 0.717) is 5.92 Å². The summed E-state index contributed by atoms with van der Waals surface area (Å²) in [6.45, 7) is 6.81. The van der Waals surface area contributed by atoms with E-state index in [0.717, 1.165) is 41.9 Å². The van der Waals surface area contributed by atoms with E-state index in [4.69, 9.17) is 0 Å². The molecule has 0 radical (unpaired) electrons. The van der Waals surface area contributed by atoms with Crippen molar-refractivity contribution < 1.29 is 0 Å². The molecule has 0 N–H and O–H groups in total. The molecular weight excluding hydrogens is 905 g/mol. The summed E-state index contributed by atoms with van der Waals surface area (Å²) >= 11 is 0. The average Bonchev–Trinajstić information content (AvgIpc) is 4.03. The zero-order valence-corrected chi connectivity index (χ0v) is 42.0. The SMILES string of the molecule is C=C1Cc2ccccc2/C1=C/C=C\N(c1ccc(-c2ccc(-c3ccc(N(c4cccc5c4Cc4ccccc4-5)c4cc5c(c6ccccc46)C(C)CC=C5)cc3)cc2)cc1)c1cc2ccccc2c2ccccc12. The second-order valence-electron chi connectivity index (χ2n) is 20.5. The number of anilines is 5. The van der Waals surface area contributed by atoms with Gasteiger partial charge in [-0.2, -0.15) is 0 Å². The molecule has 11 aromatic carbocycles. The Kier molecular flexibility index (Phi) is 10.9. The van der Waals surface area contributed by atoms with E-state index in [9.17, 15) is 0 Å². The third kappa shape index (κ3) is 7.72. The zero-order valence-electron chi connectivity index (χ0n) is 42.0. The van der Waals surface area contributed by atoms with E-state index in [1.54, 1.807) is 0 Å². The van der Waals surface area contributed by atoms with Gasteiger partial charge in [-0.05, 0) is 167 Å². The number of hydrogen-bond acceptors (Lipinski definition) is 2. The van der Waals surface area contributed by atoms with Crippen LogP contribution in [0.4, 0.5) is 28.4 Å². The molecule has 0 fully saturated rings. The third-order valence-electron chi connectivity index (χ3n) is 16.1. The lowest BCUT2D eigenvalue weighted by molar-refractivity contribution is 0.779. The Hall–Kier alpha value is -9.24. The van der Waals surface area contributed by atoms with Crippen molar-refractivity contribution in [2.45, 2.75) is 32.1 Å². The van der Waals surface area contributed by atoms with Gasteiger partial charge in [-0.15, -0.1) is 0 Å². The van der Waals surface area contributed by atoms with Gasteiger partial charge in [0.1, 0.15) is 0 Å². The zero-order chi connectivity index (χ0) is 50.0. The number of fused-ring (bicyclic) bond motifs is 10. The van der Waals surface area contributed by atoms with Crippen molar-refractivity contribution >= 4 is 72.4 Å². The highest BCUT2D eigenvalue weighted by Crippen LogP contribution is 2.50. The minimum absolute atomic E-state index is 0.462. The summed E-state index contributed by atoms with van der Waals surface area (Å²) in [6.07, 6.45) is 14.2. The third-order valence-corrected chi connectivity index (χ3v) is 16.1. The summed E-state index contributed by atoms with van der Waals surface area (Å²) in [4.78, 5) is 4.86. The fourth-order valence-electron chi connectivity index (χ4n) is 12.4. The molecule has 0 saturated heterocycles. The number of rotatable bonds is 9. The molecule has 356 valence electrons. The Balaban J connectivity index is 0.798. The summed E-state index contributed by atoms with van der Waals surface area (Å²) in [6, 6.07) is 83.0. The largest absolute Gasteiger partial charge is 0.317 e. The van der Waals surface area contributed by atoms with Crippen LogP contribution in [-0.4, -0.2) is 0 Å². The van der Waals surface area contributed by atoms with Gasteiger partial charge in [0.25, 0.3) is 0 Å². The van der Waals surface area contributed by atoms with Crippen molar-refractivity contribution in [3.05, 3.63) is 294 Å². The van der Waals surface area contributed by atoms with E-state index >= 15 is 0 Å². The smallest absolute Gasteiger partial charge is 0.0546 e. The molecule has 2 nitrogen and oxygen atoms in total. The summed E-state index contributed by atoms with van der Waals surface area (Å²) in [7, 11) is 0. The molecule has 2 heteroatoms. The maximum atomic E-state index is 4.45. The second-order valence-corrected chi connectivity index (χ2v) is 20.5. The molecule has 1 unspecified atom stereocenters. The minimum Gasteiger partial charge on any atom is -0.317 e. The van der Waals surface area contributed by atoms with Crippen LogP contribution in [0, 0.1) is 0 Å². The second kappa shape index (κ2) is 18.4. The quantitative estimate of drug-likeness (QED) is 0.133. The van der Waals surface area contributed by atoms with Crippen LogP contribution < -0.4 is 9.80 Å². The van der Waals surface area contributed by atoms with E-state index in [2.05, 4.69) is 278 Å². The molecule has 11 aromatic rings. The molecule has 75 heavy (non-hydrogen) atoms. The Morgan fingerprint density at radius 1 is 0.467 bits per heavy atom. The van der Waals surface area contributed by atoms with E-state index in [1.165, 1.54) is 116 Å². The molecule has 3 aliphatic rings. The van der Waals surface area contributed by atoms with Crippen LogP contribution in [0.3, 0.4) is 0 Å². The highest BCUT2D eigenvalue weighted by Gasteiger charge is 2.28. The van der Waals surface area contributed by atoms with Gasteiger partial charge in [-0.3, -0.25) is 0 Å². The molecule has 0 bridgehead atoms. The molecule has 0 heterocycles. The van der Waals surface area contributed by atoms with Gasteiger partial charge in [0.15, 0.2) is 0 Å². The van der Waals surface area contributed by atoms with Crippen LogP contribution in [-0.2, 0) is 12.8 Å². The van der Waals surface area contributed by atoms with Crippen LogP contribution in [0.25, 0.3) is 77.3 Å². The Labute approximate surface area is 439 Å². The molecule has 0 spiro atoms. The van der Waals surface area contributed by atoms with Crippen LogP contribution in [0.1, 0.15) is 52.6 Å². The van der Waals surface area contributed by atoms with Gasteiger partial charge >= 0.3 is 0 Å².